The standard InChI is InChI=1S/C30H39N3/c1-7-11-23(18-22(4)8-2)30-28-14-12-26(31)20-24(28)19-25-21-27(13-15-29(25)30)33(9-3)17-10-16-32(5)6/h8,11-15,18,20-21,31H,2,7,9-10,16-17,19H2,1,3-6H3/b22-18-,23-11+,31-26?. The molecule has 0 unspecified atom stereocenters. The van der Waals surface area contributed by atoms with Crippen LogP contribution in [0.25, 0.3) is 5.57 Å². The molecular formula is C30H39N3. The SMILES string of the molecule is C=C/C(C)=C\C(=C/CC)C1=C2C=CC(=N)C=C2Cc2cc(N(CC)CCCN(C)C)ccc21. The summed E-state index contributed by atoms with van der Waals surface area (Å²) in [7, 11) is 4.27. The number of nitrogens with zero attached hydrogens (tertiary/aromatic N) is 2. The minimum Gasteiger partial charge on any atom is -0.372 e. The molecule has 1 aromatic carbocycles. The zero-order chi connectivity index (χ0) is 24.0. The first-order chi connectivity index (χ1) is 15.9. The van der Waals surface area contributed by atoms with Crippen molar-refractivity contribution in [2.24, 2.45) is 0 Å². The van der Waals surface area contributed by atoms with Gasteiger partial charge in [-0.15, -0.1) is 0 Å². The van der Waals surface area contributed by atoms with E-state index in [9.17, 15) is 0 Å². The minimum atomic E-state index is 0.574. The van der Waals surface area contributed by atoms with E-state index in [4.69, 9.17) is 5.41 Å². The molecule has 3 rings (SSSR count). The lowest BCUT2D eigenvalue weighted by Gasteiger charge is -2.30. The number of benzene rings is 1. The normalized spacial score (nSPS) is 16.1. The van der Waals surface area contributed by atoms with E-state index in [1.807, 2.05) is 18.2 Å². The molecule has 0 fully saturated rings. The van der Waals surface area contributed by atoms with E-state index in [1.54, 1.807) is 0 Å². The molecule has 2 aliphatic rings. The average molecular weight is 442 g/mol. The first kappa shape index (κ1) is 24.7. The summed E-state index contributed by atoms with van der Waals surface area (Å²) >= 11 is 0. The van der Waals surface area contributed by atoms with E-state index in [0.717, 1.165) is 44.5 Å². The van der Waals surface area contributed by atoms with Crippen molar-refractivity contribution in [2.45, 2.75) is 40.0 Å². The Morgan fingerprint density at radius 2 is 1.94 bits per heavy atom. The van der Waals surface area contributed by atoms with E-state index in [2.05, 4.69) is 87.7 Å². The molecule has 0 saturated heterocycles. The highest BCUT2D eigenvalue weighted by molar-refractivity contribution is 6.07. The maximum absolute atomic E-state index is 8.21. The Bertz CT molecular complexity index is 1060. The molecular weight excluding hydrogens is 402 g/mol. The van der Waals surface area contributed by atoms with Crippen LogP contribution in [0.3, 0.4) is 0 Å². The molecule has 0 aliphatic heterocycles. The van der Waals surface area contributed by atoms with Crippen molar-refractivity contribution < 1.29 is 0 Å². The van der Waals surface area contributed by atoms with Gasteiger partial charge in [0.15, 0.2) is 0 Å². The van der Waals surface area contributed by atoms with Crippen LogP contribution in [0, 0.1) is 5.41 Å². The number of fused-ring (bicyclic) bond motifs is 2. The van der Waals surface area contributed by atoms with Crippen LogP contribution in [0.5, 0.6) is 0 Å². The molecule has 0 bridgehead atoms. The molecule has 33 heavy (non-hydrogen) atoms. The molecule has 0 saturated carbocycles. The van der Waals surface area contributed by atoms with Crippen molar-refractivity contribution in [3.8, 4) is 0 Å². The second-order valence-electron chi connectivity index (χ2n) is 9.16. The highest BCUT2D eigenvalue weighted by atomic mass is 15.1. The van der Waals surface area contributed by atoms with Gasteiger partial charge in [-0.1, -0.05) is 49.4 Å². The monoisotopic (exact) mass is 441 g/mol. The zero-order valence-electron chi connectivity index (χ0n) is 21.0. The highest BCUT2D eigenvalue weighted by Gasteiger charge is 2.25. The van der Waals surface area contributed by atoms with Crippen molar-refractivity contribution in [1.82, 2.24) is 4.90 Å². The summed E-state index contributed by atoms with van der Waals surface area (Å²) in [6.07, 6.45) is 15.5. The first-order valence-electron chi connectivity index (χ1n) is 12.1. The smallest absolute Gasteiger partial charge is 0.0543 e. The van der Waals surface area contributed by atoms with Crippen LogP contribution in [0.1, 0.15) is 44.7 Å². The van der Waals surface area contributed by atoms with Crippen molar-refractivity contribution in [2.75, 3.05) is 38.6 Å². The number of allylic oxidation sites excluding steroid dienone is 11. The van der Waals surface area contributed by atoms with E-state index in [1.165, 1.54) is 39.1 Å². The third kappa shape index (κ3) is 5.91. The summed E-state index contributed by atoms with van der Waals surface area (Å²) in [6, 6.07) is 6.98. The van der Waals surface area contributed by atoms with Gasteiger partial charge in [-0.2, -0.15) is 0 Å². The fourth-order valence-corrected chi connectivity index (χ4v) is 4.62. The van der Waals surface area contributed by atoms with Gasteiger partial charge in [-0.25, -0.2) is 0 Å². The van der Waals surface area contributed by atoms with Gasteiger partial charge >= 0.3 is 0 Å². The van der Waals surface area contributed by atoms with E-state index < -0.39 is 0 Å². The van der Waals surface area contributed by atoms with Crippen molar-refractivity contribution >= 4 is 17.0 Å². The lowest BCUT2D eigenvalue weighted by Crippen LogP contribution is -2.27. The topological polar surface area (TPSA) is 30.3 Å². The minimum absolute atomic E-state index is 0.574. The Balaban J connectivity index is 2.10. The third-order valence-corrected chi connectivity index (χ3v) is 6.31. The van der Waals surface area contributed by atoms with E-state index in [-0.39, 0.29) is 0 Å². The predicted molar refractivity (Wildman–Crippen MR) is 145 cm³/mol. The molecule has 3 heteroatoms. The number of hydrogen-bond donors (Lipinski definition) is 1. The van der Waals surface area contributed by atoms with Gasteiger partial charge < -0.3 is 15.2 Å². The summed E-state index contributed by atoms with van der Waals surface area (Å²) in [5, 5.41) is 8.21. The quantitative estimate of drug-likeness (QED) is 0.407. The molecule has 2 aliphatic carbocycles. The summed E-state index contributed by atoms with van der Waals surface area (Å²) in [5.74, 6) is 0. The Hall–Kier alpha value is -2.91. The van der Waals surface area contributed by atoms with Crippen LogP contribution >= 0.6 is 0 Å². The molecule has 1 aromatic rings. The Kier molecular flexibility index (Phi) is 8.46. The van der Waals surface area contributed by atoms with Gasteiger partial charge in [0.25, 0.3) is 0 Å². The van der Waals surface area contributed by atoms with Gasteiger partial charge in [0.2, 0.25) is 0 Å². The molecule has 1 N–H and O–H groups in total. The molecule has 0 aromatic heterocycles. The van der Waals surface area contributed by atoms with Crippen molar-refractivity contribution in [1.29, 1.82) is 5.41 Å². The predicted octanol–water partition coefficient (Wildman–Crippen LogP) is 6.76. The second-order valence-corrected chi connectivity index (χ2v) is 9.16. The lowest BCUT2D eigenvalue weighted by molar-refractivity contribution is 0.400. The van der Waals surface area contributed by atoms with Gasteiger partial charge in [0.05, 0.1) is 5.71 Å². The summed E-state index contributed by atoms with van der Waals surface area (Å²) in [4.78, 5) is 4.72. The van der Waals surface area contributed by atoms with Crippen LogP contribution in [-0.2, 0) is 6.42 Å². The van der Waals surface area contributed by atoms with Crippen LogP contribution in [0.15, 0.2) is 83.5 Å². The average Bonchev–Trinajstić information content (AvgIpc) is 2.79. The molecule has 0 heterocycles. The Morgan fingerprint density at radius 1 is 1.15 bits per heavy atom. The summed E-state index contributed by atoms with van der Waals surface area (Å²) in [6.45, 7) is 13.6. The van der Waals surface area contributed by atoms with Gasteiger partial charge in [0.1, 0.15) is 0 Å². The summed E-state index contributed by atoms with van der Waals surface area (Å²) < 4.78 is 0. The Morgan fingerprint density at radius 3 is 2.61 bits per heavy atom. The number of hydrogen-bond acceptors (Lipinski definition) is 3. The fraction of sp³-hybridized carbons (Fsp3) is 0.367. The zero-order valence-corrected chi connectivity index (χ0v) is 21.0. The maximum atomic E-state index is 8.21. The van der Waals surface area contributed by atoms with Crippen LogP contribution < -0.4 is 4.90 Å². The largest absolute Gasteiger partial charge is 0.372 e. The highest BCUT2D eigenvalue weighted by Crippen LogP contribution is 2.42. The van der Waals surface area contributed by atoms with E-state index >= 15 is 0 Å². The summed E-state index contributed by atoms with van der Waals surface area (Å²) in [5.41, 5.74) is 10.7. The first-order valence-corrected chi connectivity index (χ1v) is 12.1. The number of nitrogens with one attached hydrogen (secondary N) is 1. The third-order valence-electron chi connectivity index (χ3n) is 6.31. The second kappa shape index (κ2) is 11.3. The van der Waals surface area contributed by atoms with Crippen molar-refractivity contribution in [3.63, 3.8) is 0 Å². The molecule has 0 radical (unpaired) electrons. The molecule has 174 valence electrons. The maximum Gasteiger partial charge on any atom is 0.0543 e. The van der Waals surface area contributed by atoms with Crippen LogP contribution in [-0.4, -0.2) is 44.3 Å². The van der Waals surface area contributed by atoms with E-state index in [0.29, 0.717) is 5.71 Å². The Labute approximate surface area is 200 Å². The van der Waals surface area contributed by atoms with Gasteiger partial charge in [0, 0.05) is 18.8 Å². The van der Waals surface area contributed by atoms with Crippen LogP contribution in [0.2, 0.25) is 0 Å². The van der Waals surface area contributed by atoms with Gasteiger partial charge in [-0.3, -0.25) is 0 Å². The van der Waals surface area contributed by atoms with Gasteiger partial charge in [-0.05, 0) is 111 Å². The fourth-order valence-electron chi connectivity index (χ4n) is 4.62. The van der Waals surface area contributed by atoms with Crippen LogP contribution in [0.4, 0.5) is 5.69 Å². The molecule has 0 atom stereocenters. The number of anilines is 1. The molecule has 3 nitrogen and oxygen atoms in total. The van der Waals surface area contributed by atoms with Crippen molar-refractivity contribution in [3.05, 3.63) is 94.7 Å². The number of rotatable bonds is 10. The molecule has 0 spiro atoms. The lowest BCUT2D eigenvalue weighted by atomic mass is 9.76. The molecule has 0 amide bonds.